The van der Waals surface area contributed by atoms with Crippen molar-refractivity contribution in [1.82, 2.24) is 25.6 Å². The number of carbonyl (C=O) groups is 1. The first kappa shape index (κ1) is 14.6. The van der Waals surface area contributed by atoms with E-state index in [0.717, 1.165) is 12.2 Å². The lowest BCUT2D eigenvalue weighted by Crippen LogP contribution is -2.33. The lowest BCUT2D eigenvalue weighted by atomic mass is 10.4. The molecular weight excluding hydrogens is 234 g/mol. The summed E-state index contributed by atoms with van der Waals surface area (Å²) in [5, 5.41) is 13.8. The molecule has 1 rings (SSSR count). The molecule has 0 aliphatic rings. The molecule has 0 radical (unpaired) electrons. The third-order valence-electron chi connectivity index (χ3n) is 2.13. The van der Waals surface area contributed by atoms with Gasteiger partial charge in [-0.1, -0.05) is 5.21 Å². The molecule has 2 N–H and O–H groups in total. The van der Waals surface area contributed by atoms with Gasteiger partial charge in [0.15, 0.2) is 0 Å². The lowest BCUT2D eigenvalue weighted by molar-refractivity contribution is -0.122. The molecule has 0 spiro atoms. The Balaban J connectivity index is 2.31. The Bertz CT molecular complexity index is 364. The van der Waals surface area contributed by atoms with Crippen LogP contribution in [0.2, 0.25) is 0 Å². The topological polar surface area (TPSA) is 81.1 Å². The minimum absolute atomic E-state index is 0.0613. The number of aromatic nitrogens is 3. The molecule has 0 bridgehead atoms. The second-order valence-electron chi connectivity index (χ2n) is 4.30. The lowest BCUT2D eigenvalue weighted by Gasteiger charge is -2.07. The van der Waals surface area contributed by atoms with Crippen LogP contribution in [-0.2, 0) is 22.6 Å². The SMILES string of the molecule is COCCNCc1cn(CC(=O)NC(C)C)nn1. The fourth-order valence-electron chi connectivity index (χ4n) is 1.40. The van der Waals surface area contributed by atoms with Gasteiger partial charge in [0.1, 0.15) is 6.54 Å². The molecule has 0 fully saturated rings. The summed E-state index contributed by atoms with van der Waals surface area (Å²) in [5.74, 6) is -0.0613. The van der Waals surface area contributed by atoms with Crippen LogP contribution in [0.5, 0.6) is 0 Å². The van der Waals surface area contributed by atoms with Gasteiger partial charge in [-0.3, -0.25) is 4.79 Å². The van der Waals surface area contributed by atoms with Gasteiger partial charge in [0, 0.05) is 26.2 Å². The van der Waals surface area contributed by atoms with Gasteiger partial charge in [-0.25, -0.2) is 4.68 Å². The fraction of sp³-hybridized carbons (Fsp3) is 0.727. The minimum atomic E-state index is -0.0613. The average Bonchev–Trinajstić information content (AvgIpc) is 2.71. The first-order valence-corrected chi connectivity index (χ1v) is 6.00. The van der Waals surface area contributed by atoms with E-state index >= 15 is 0 Å². The van der Waals surface area contributed by atoms with E-state index in [0.29, 0.717) is 13.2 Å². The van der Waals surface area contributed by atoms with Crippen LogP contribution in [0.1, 0.15) is 19.5 Å². The maximum atomic E-state index is 11.5. The van der Waals surface area contributed by atoms with Gasteiger partial charge >= 0.3 is 0 Å². The summed E-state index contributed by atoms with van der Waals surface area (Å²) in [5.41, 5.74) is 0.809. The first-order valence-electron chi connectivity index (χ1n) is 6.00. The van der Waals surface area contributed by atoms with Gasteiger partial charge in [0.25, 0.3) is 0 Å². The Labute approximate surface area is 107 Å². The minimum Gasteiger partial charge on any atom is -0.383 e. The van der Waals surface area contributed by atoms with Gasteiger partial charge in [-0.2, -0.15) is 0 Å². The first-order chi connectivity index (χ1) is 8.61. The molecule has 7 nitrogen and oxygen atoms in total. The summed E-state index contributed by atoms with van der Waals surface area (Å²) >= 11 is 0. The van der Waals surface area contributed by atoms with Crippen molar-refractivity contribution in [3.05, 3.63) is 11.9 Å². The van der Waals surface area contributed by atoms with Crippen molar-refractivity contribution in [3.63, 3.8) is 0 Å². The van der Waals surface area contributed by atoms with Crippen molar-refractivity contribution < 1.29 is 9.53 Å². The number of carbonyl (C=O) groups excluding carboxylic acids is 1. The van der Waals surface area contributed by atoms with Crippen LogP contribution in [0, 0.1) is 0 Å². The van der Waals surface area contributed by atoms with Crippen molar-refractivity contribution in [3.8, 4) is 0 Å². The second kappa shape index (κ2) is 7.78. The van der Waals surface area contributed by atoms with Crippen molar-refractivity contribution in [2.24, 2.45) is 0 Å². The van der Waals surface area contributed by atoms with E-state index in [4.69, 9.17) is 4.74 Å². The highest BCUT2D eigenvalue weighted by Gasteiger charge is 2.06. The molecule has 7 heteroatoms. The molecule has 1 amide bonds. The number of hydrogen-bond acceptors (Lipinski definition) is 5. The molecule has 0 aliphatic heterocycles. The maximum absolute atomic E-state index is 11.5. The van der Waals surface area contributed by atoms with E-state index < -0.39 is 0 Å². The third kappa shape index (κ3) is 5.74. The molecule has 0 aliphatic carbocycles. The number of rotatable bonds is 8. The molecule has 0 saturated heterocycles. The number of methoxy groups -OCH3 is 1. The fourth-order valence-corrected chi connectivity index (χ4v) is 1.40. The summed E-state index contributed by atoms with van der Waals surface area (Å²) in [4.78, 5) is 11.5. The Hall–Kier alpha value is -1.47. The Morgan fingerprint density at radius 2 is 2.33 bits per heavy atom. The zero-order chi connectivity index (χ0) is 13.4. The normalized spacial score (nSPS) is 10.9. The summed E-state index contributed by atoms with van der Waals surface area (Å²) in [6.45, 7) is 6.08. The predicted molar refractivity (Wildman–Crippen MR) is 66.9 cm³/mol. The van der Waals surface area contributed by atoms with Crippen LogP contribution < -0.4 is 10.6 Å². The molecular formula is C11H21N5O2. The zero-order valence-electron chi connectivity index (χ0n) is 11.1. The van der Waals surface area contributed by atoms with E-state index in [1.54, 1.807) is 13.3 Å². The number of amides is 1. The molecule has 18 heavy (non-hydrogen) atoms. The third-order valence-corrected chi connectivity index (χ3v) is 2.13. The van der Waals surface area contributed by atoms with Crippen LogP contribution in [0.3, 0.4) is 0 Å². The second-order valence-corrected chi connectivity index (χ2v) is 4.30. The van der Waals surface area contributed by atoms with Crippen molar-refractivity contribution >= 4 is 5.91 Å². The highest BCUT2D eigenvalue weighted by molar-refractivity contribution is 5.75. The summed E-state index contributed by atoms with van der Waals surface area (Å²) in [6, 6.07) is 0.135. The Morgan fingerprint density at radius 3 is 3.00 bits per heavy atom. The standard InChI is InChI=1S/C11H21N5O2/c1-9(2)13-11(17)8-16-7-10(14-15-16)6-12-4-5-18-3/h7,9,12H,4-6,8H2,1-3H3,(H,13,17). The van der Waals surface area contributed by atoms with Crippen molar-refractivity contribution in [1.29, 1.82) is 0 Å². The summed E-state index contributed by atoms with van der Waals surface area (Å²) < 4.78 is 6.45. The molecule has 0 aromatic carbocycles. The predicted octanol–water partition coefficient (Wildman–Crippen LogP) is -0.461. The van der Waals surface area contributed by atoms with E-state index in [-0.39, 0.29) is 18.5 Å². The highest BCUT2D eigenvalue weighted by Crippen LogP contribution is 1.92. The van der Waals surface area contributed by atoms with Crippen LogP contribution in [0.25, 0.3) is 0 Å². The van der Waals surface area contributed by atoms with E-state index in [1.165, 1.54) is 4.68 Å². The number of hydrogen-bond donors (Lipinski definition) is 2. The van der Waals surface area contributed by atoms with E-state index in [9.17, 15) is 4.79 Å². The van der Waals surface area contributed by atoms with Gasteiger partial charge < -0.3 is 15.4 Å². The molecule has 0 atom stereocenters. The molecule has 0 unspecified atom stereocenters. The number of ether oxygens (including phenoxy) is 1. The van der Waals surface area contributed by atoms with E-state index in [1.807, 2.05) is 13.8 Å². The smallest absolute Gasteiger partial charge is 0.241 e. The Morgan fingerprint density at radius 1 is 1.56 bits per heavy atom. The van der Waals surface area contributed by atoms with Crippen LogP contribution >= 0.6 is 0 Å². The molecule has 1 heterocycles. The average molecular weight is 255 g/mol. The molecule has 1 aromatic heterocycles. The molecule has 1 aromatic rings. The summed E-state index contributed by atoms with van der Waals surface area (Å²) in [6.07, 6.45) is 1.76. The quantitative estimate of drug-likeness (QED) is 0.614. The van der Waals surface area contributed by atoms with Gasteiger partial charge in [0.05, 0.1) is 18.5 Å². The van der Waals surface area contributed by atoms with E-state index in [2.05, 4.69) is 20.9 Å². The molecule has 0 saturated carbocycles. The maximum Gasteiger partial charge on any atom is 0.241 e. The molecule has 102 valence electrons. The summed E-state index contributed by atoms with van der Waals surface area (Å²) in [7, 11) is 1.66. The van der Waals surface area contributed by atoms with Gasteiger partial charge in [-0.05, 0) is 13.8 Å². The number of nitrogens with zero attached hydrogens (tertiary/aromatic N) is 3. The van der Waals surface area contributed by atoms with Gasteiger partial charge in [-0.15, -0.1) is 5.10 Å². The number of nitrogens with one attached hydrogen (secondary N) is 2. The van der Waals surface area contributed by atoms with Crippen LogP contribution in [-0.4, -0.2) is 47.2 Å². The monoisotopic (exact) mass is 255 g/mol. The van der Waals surface area contributed by atoms with Gasteiger partial charge in [0.2, 0.25) is 5.91 Å². The van der Waals surface area contributed by atoms with Crippen molar-refractivity contribution in [2.75, 3.05) is 20.3 Å². The largest absolute Gasteiger partial charge is 0.383 e. The Kier molecular flexibility index (Phi) is 6.31. The highest BCUT2D eigenvalue weighted by atomic mass is 16.5. The van der Waals surface area contributed by atoms with Crippen LogP contribution in [0.15, 0.2) is 6.20 Å². The van der Waals surface area contributed by atoms with Crippen LogP contribution in [0.4, 0.5) is 0 Å². The zero-order valence-corrected chi connectivity index (χ0v) is 11.1. The van der Waals surface area contributed by atoms with Crippen molar-refractivity contribution in [2.45, 2.75) is 33.0 Å².